The normalized spacial score (nSPS) is 10.8. The second kappa shape index (κ2) is 8.67. The average molecular weight is 328 g/mol. The van der Waals surface area contributed by atoms with Crippen LogP contribution >= 0.6 is 0 Å². The highest BCUT2D eigenvalue weighted by Crippen LogP contribution is 2.17. The summed E-state index contributed by atoms with van der Waals surface area (Å²) in [6.07, 6.45) is 5.85. The van der Waals surface area contributed by atoms with E-state index in [9.17, 15) is 4.79 Å². The first-order valence-electron chi connectivity index (χ1n) is 8.80. The fourth-order valence-electron chi connectivity index (χ4n) is 2.92. The Hall–Kier alpha value is -2.10. The molecule has 0 bridgehead atoms. The lowest BCUT2D eigenvalue weighted by atomic mass is 10.0. The maximum absolute atomic E-state index is 12.4. The number of hydrogen-bond acceptors (Lipinski definition) is 3. The van der Waals surface area contributed by atoms with E-state index in [0.717, 1.165) is 29.8 Å². The van der Waals surface area contributed by atoms with Gasteiger partial charge in [0.1, 0.15) is 5.75 Å². The number of rotatable bonds is 8. The van der Waals surface area contributed by atoms with Gasteiger partial charge in [-0.2, -0.15) is 5.10 Å². The van der Waals surface area contributed by atoms with Crippen molar-refractivity contribution in [3.8, 4) is 5.75 Å². The molecule has 130 valence electrons. The molecule has 24 heavy (non-hydrogen) atoms. The van der Waals surface area contributed by atoms with E-state index in [0.29, 0.717) is 5.75 Å². The van der Waals surface area contributed by atoms with Crippen LogP contribution in [-0.2, 0) is 6.42 Å². The summed E-state index contributed by atoms with van der Waals surface area (Å²) in [6.45, 7) is 8.16. The molecule has 0 fully saturated rings. The highest BCUT2D eigenvalue weighted by Gasteiger charge is 2.16. The Morgan fingerprint density at radius 1 is 1.17 bits per heavy atom. The highest BCUT2D eigenvalue weighted by molar-refractivity contribution is 5.80. The number of unbranched alkanes of at least 4 members (excludes halogenated alkanes) is 3. The van der Waals surface area contributed by atoms with Crippen molar-refractivity contribution in [1.82, 2.24) is 9.78 Å². The summed E-state index contributed by atoms with van der Waals surface area (Å²) in [5.41, 5.74) is 4.21. The predicted octanol–water partition coefficient (Wildman–Crippen LogP) is 4.65. The lowest BCUT2D eigenvalue weighted by molar-refractivity contribution is 0.0818. The summed E-state index contributed by atoms with van der Waals surface area (Å²) in [4.78, 5) is 12.4. The van der Waals surface area contributed by atoms with Gasteiger partial charge >= 0.3 is 0 Å². The van der Waals surface area contributed by atoms with E-state index in [2.05, 4.69) is 12.0 Å². The van der Waals surface area contributed by atoms with Gasteiger partial charge in [-0.15, -0.1) is 0 Å². The van der Waals surface area contributed by atoms with Gasteiger partial charge in [0, 0.05) is 5.69 Å². The molecule has 2 aromatic rings. The first-order chi connectivity index (χ1) is 11.5. The molecule has 0 aliphatic heterocycles. The van der Waals surface area contributed by atoms with Crippen molar-refractivity contribution in [1.29, 1.82) is 0 Å². The van der Waals surface area contributed by atoms with Crippen LogP contribution in [0.1, 0.15) is 59.9 Å². The van der Waals surface area contributed by atoms with E-state index < -0.39 is 0 Å². The Balaban J connectivity index is 1.99. The number of aromatic nitrogens is 2. The minimum Gasteiger partial charge on any atom is -0.484 e. The highest BCUT2D eigenvalue weighted by atomic mass is 16.5. The summed E-state index contributed by atoms with van der Waals surface area (Å²) in [6, 6.07) is 7.71. The Labute approximate surface area is 144 Å². The fourth-order valence-corrected chi connectivity index (χ4v) is 2.92. The SMILES string of the molecule is CCCCCCc1c(C)nn(C(=O)COc2cccc(C)c2)c1C. The molecule has 2 rings (SSSR count). The molecule has 0 aliphatic carbocycles. The lowest BCUT2D eigenvalue weighted by Gasteiger charge is -2.07. The van der Waals surface area contributed by atoms with E-state index >= 15 is 0 Å². The molecule has 1 aromatic carbocycles. The van der Waals surface area contributed by atoms with Crippen LogP contribution in [0.4, 0.5) is 0 Å². The first kappa shape index (κ1) is 18.2. The van der Waals surface area contributed by atoms with Gasteiger partial charge in [-0.05, 0) is 56.9 Å². The molecule has 1 heterocycles. The van der Waals surface area contributed by atoms with Crippen molar-refractivity contribution in [3.05, 3.63) is 46.8 Å². The van der Waals surface area contributed by atoms with Crippen molar-refractivity contribution < 1.29 is 9.53 Å². The molecule has 0 aliphatic rings. The van der Waals surface area contributed by atoms with Crippen molar-refractivity contribution in [2.75, 3.05) is 6.61 Å². The molecular weight excluding hydrogens is 300 g/mol. The third-order valence-electron chi connectivity index (χ3n) is 4.31. The molecule has 4 heteroatoms. The Morgan fingerprint density at radius 3 is 2.67 bits per heavy atom. The standard InChI is InChI=1S/C20H28N2O2/c1-5-6-7-8-12-19-16(3)21-22(17(19)4)20(23)14-24-18-11-9-10-15(2)13-18/h9-11,13H,5-8,12,14H2,1-4H3. The molecule has 0 spiro atoms. The number of carbonyl (C=O) groups is 1. The minimum atomic E-state index is -0.128. The monoisotopic (exact) mass is 328 g/mol. The van der Waals surface area contributed by atoms with Gasteiger partial charge in [-0.3, -0.25) is 4.79 Å². The molecule has 4 nitrogen and oxygen atoms in total. The van der Waals surface area contributed by atoms with Crippen molar-refractivity contribution in [3.63, 3.8) is 0 Å². The zero-order valence-electron chi connectivity index (χ0n) is 15.3. The van der Waals surface area contributed by atoms with Gasteiger partial charge in [0.2, 0.25) is 0 Å². The lowest BCUT2D eigenvalue weighted by Crippen LogP contribution is -2.21. The smallest absolute Gasteiger partial charge is 0.284 e. The van der Waals surface area contributed by atoms with Crippen molar-refractivity contribution in [2.24, 2.45) is 0 Å². The zero-order chi connectivity index (χ0) is 17.5. The molecule has 0 unspecified atom stereocenters. The Kier molecular flexibility index (Phi) is 6.59. The Bertz CT molecular complexity index is 689. The van der Waals surface area contributed by atoms with Gasteiger partial charge in [0.25, 0.3) is 5.91 Å². The molecule has 1 aromatic heterocycles. The van der Waals surface area contributed by atoms with Crippen LogP contribution in [0.2, 0.25) is 0 Å². The van der Waals surface area contributed by atoms with Crippen LogP contribution in [0.3, 0.4) is 0 Å². The molecule has 0 saturated heterocycles. The van der Waals surface area contributed by atoms with Crippen LogP contribution in [0, 0.1) is 20.8 Å². The van der Waals surface area contributed by atoms with Gasteiger partial charge in [-0.25, -0.2) is 4.68 Å². The van der Waals surface area contributed by atoms with Crippen molar-refractivity contribution in [2.45, 2.75) is 59.8 Å². The van der Waals surface area contributed by atoms with E-state index in [1.54, 1.807) is 0 Å². The topological polar surface area (TPSA) is 44.1 Å². The maximum Gasteiger partial charge on any atom is 0.284 e. The quantitative estimate of drug-likeness (QED) is 0.663. The Morgan fingerprint density at radius 2 is 1.96 bits per heavy atom. The molecule has 0 atom stereocenters. The van der Waals surface area contributed by atoms with Crippen LogP contribution < -0.4 is 4.74 Å². The largest absolute Gasteiger partial charge is 0.484 e. The maximum atomic E-state index is 12.4. The van der Waals surface area contributed by atoms with Gasteiger partial charge in [0.15, 0.2) is 6.61 Å². The van der Waals surface area contributed by atoms with Crippen LogP contribution in [-0.4, -0.2) is 22.3 Å². The first-order valence-corrected chi connectivity index (χ1v) is 8.80. The second-order valence-corrected chi connectivity index (χ2v) is 6.37. The molecule has 0 saturated carbocycles. The summed E-state index contributed by atoms with van der Waals surface area (Å²) >= 11 is 0. The average Bonchev–Trinajstić information content (AvgIpc) is 2.84. The van der Waals surface area contributed by atoms with Crippen LogP contribution in [0.25, 0.3) is 0 Å². The number of benzene rings is 1. The molecule has 0 amide bonds. The second-order valence-electron chi connectivity index (χ2n) is 6.37. The number of carbonyl (C=O) groups excluding carboxylic acids is 1. The number of aryl methyl sites for hydroxylation is 2. The number of ether oxygens (including phenoxy) is 1. The van der Waals surface area contributed by atoms with E-state index in [4.69, 9.17) is 4.74 Å². The third-order valence-corrected chi connectivity index (χ3v) is 4.31. The van der Waals surface area contributed by atoms with Crippen molar-refractivity contribution >= 4 is 5.91 Å². The fraction of sp³-hybridized carbons (Fsp3) is 0.500. The molecular formula is C20H28N2O2. The molecule has 0 radical (unpaired) electrons. The van der Waals surface area contributed by atoms with Crippen LogP contribution in [0.15, 0.2) is 24.3 Å². The third kappa shape index (κ3) is 4.70. The van der Waals surface area contributed by atoms with E-state index in [1.807, 2.05) is 45.0 Å². The summed E-state index contributed by atoms with van der Waals surface area (Å²) < 4.78 is 7.11. The predicted molar refractivity (Wildman–Crippen MR) is 96.8 cm³/mol. The number of nitrogens with zero attached hydrogens (tertiary/aromatic N) is 2. The number of hydrogen-bond donors (Lipinski definition) is 0. The van der Waals surface area contributed by atoms with Crippen LogP contribution in [0.5, 0.6) is 5.75 Å². The molecule has 0 N–H and O–H groups in total. The zero-order valence-corrected chi connectivity index (χ0v) is 15.3. The van der Waals surface area contributed by atoms with E-state index in [1.165, 1.54) is 29.5 Å². The summed E-state index contributed by atoms with van der Waals surface area (Å²) in [5.74, 6) is 0.585. The minimum absolute atomic E-state index is 0.000683. The van der Waals surface area contributed by atoms with Gasteiger partial charge in [0.05, 0.1) is 5.69 Å². The van der Waals surface area contributed by atoms with Gasteiger partial charge < -0.3 is 4.74 Å². The van der Waals surface area contributed by atoms with E-state index in [-0.39, 0.29) is 12.5 Å². The summed E-state index contributed by atoms with van der Waals surface area (Å²) in [5, 5.41) is 4.43. The summed E-state index contributed by atoms with van der Waals surface area (Å²) in [7, 11) is 0. The van der Waals surface area contributed by atoms with Gasteiger partial charge in [-0.1, -0.05) is 38.3 Å².